The number of halogens is 1. The largest absolute Gasteiger partial charge is 0.481 e. The highest BCUT2D eigenvalue weighted by molar-refractivity contribution is 14.1. The monoisotopic (exact) mass is 413 g/mol. The molecule has 5 heteroatoms. The molecule has 1 rings (SSSR count). The number of aliphatic carboxylic acids is 1. The molecular weight excluding hydrogens is 389 g/mol. The summed E-state index contributed by atoms with van der Waals surface area (Å²) in [4.78, 5) is 22.3. The van der Waals surface area contributed by atoms with E-state index in [2.05, 4.69) is 52.2 Å². The second-order valence-electron chi connectivity index (χ2n) is 5.57. The Morgan fingerprint density at radius 1 is 1.18 bits per heavy atom. The van der Waals surface area contributed by atoms with E-state index < -0.39 is 5.97 Å². The number of rotatable bonds is 10. The summed E-state index contributed by atoms with van der Waals surface area (Å²) < 4.78 is 1.22. The zero-order chi connectivity index (χ0) is 16.4. The first kappa shape index (κ1) is 18.9. The average molecular weight is 413 g/mol. The number of carboxylic acid groups (broad SMARTS) is 1. The minimum atomic E-state index is -0.750. The molecule has 122 valence electrons. The van der Waals surface area contributed by atoms with Crippen molar-refractivity contribution in [2.45, 2.75) is 45.4 Å². The molecule has 4 nitrogen and oxygen atoms in total. The molecule has 0 aliphatic heterocycles. The van der Waals surface area contributed by atoms with E-state index in [9.17, 15) is 9.59 Å². The Labute approximate surface area is 145 Å². The quantitative estimate of drug-likeness (QED) is 0.455. The molecule has 0 fully saturated rings. The van der Waals surface area contributed by atoms with E-state index in [4.69, 9.17) is 5.11 Å². The van der Waals surface area contributed by atoms with Crippen molar-refractivity contribution in [2.24, 2.45) is 5.92 Å². The van der Waals surface area contributed by atoms with E-state index in [0.717, 1.165) is 25.7 Å². The smallest absolute Gasteiger partial charge is 0.306 e. The molecule has 0 aliphatic rings. The van der Waals surface area contributed by atoms with Crippen LogP contribution in [-0.4, -0.2) is 23.5 Å². The summed E-state index contributed by atoms with van der Waals surface area (Å²) in [6, 6.07) is 8.36. The molecule has 0 saturated carbocycles. The Bertz CT molecular complexity index is 473. The van der Waals surface area contributed by atoms with Crippen LogP contribution >= 0.6 is 22.6 Å². The van der Waals surface area contributed by atoms with Crippen LogP contribution in [0, 0.1) is 9.49 Å². The number of hydrogen-bond donors (Lipinski definition) is 2. The number of nitrogens with one attached hydrogen (secondary N) is 1. The van der Waals surface area contributed by atoms with Crippen molar-refractivity contribution in [1.29, 1.82) is 0 Å². The van der Waals surface area contributed by atoms with Crippen LogP contribution in [0.2, 0.25) is 0 Å². The predicted octanol–water partition coefficient (Wildman–Crippen LogP) is 3.62. The lowest BCUT2D eigenvalue weighted by Crippen LogP contribution is -2.24. The third-order valence-corrected chi connectivity index (χ3v) is 4.31. The zero-order valence-corrected chi connectivity index (χ0v) is 15.1. The van der Waals surface area contributed by atoms with Crippen LogP contribution in [0.3, 0.4) is 0 Å². The molecule has 0 aromatic heterocycles. The number of aryl methyl sites for hydroxylation is 1. The minimum absolute atomic E-state index is 0.0804. The first-order chi connectivity index (χ1) is 10.5. The number of hydrogen-bond acceptors (Lipinski definition) is 2. The maximum Gasteiger partial charge on any atom is 0.306 e. The van der Waals surface area contributed by atoms with Crippen LogP contribution in [0.25, 0.3) is 0 Å². The molecule has 22 heavy (non-hydrogen) atoms. The van der Waals surface area contributed by atoms with Crippen molar-refractivity contribution in [3.05, 3.63) is 33.4 Å². The zero-order valence-electron chi connectivity index (χ0n) is 13.0. The van der Waals surface area contributed by atoms with Crippen molar-refractivity contribution < 1.29 is 14.7 Å². The van der Waals surface area contributed by atoms with Gasteiger partial charge < -0.3 is 10.4 Å². The number of carbonyl (C=O) groups is 2. The van der Waals surface area contributed by atoms with Crippen molar-refractivity contribution in [3.63, 3.8) is 0 Å². The van der Waals surface area contributed by atoms with Gasteiger partial charge in [0, 0.05) is 16.5 Å². The summed E-state index contributed by atoms with van der Waals surface area (Å²) in [5.41, 5.74) is 1.26. The highest BCUT2D eigenvalue weighted by Gasteiger charge is 2.09. The van der Waals surface area contributed by atoms with Gasteiger partial charge in [0.25, 0.3) is 0 Å². The summed E-state index contributed by atoms with van der Waals surface area (Å²) in [6.45, 7) is 2.35. The topological polar surface area (TPSA) is 66.4 Å². The van der Waals surface area contributed by atoms with Crippen LogP contribution in [0.1, 0.15) is 44.6 Å². The van der Waals surface area contributed by atoms with E-state index in [1.807, 2.05) is 0 Å². The van der Waals surface area contributed by atoms with Gasteiger partial charge in [-0.2, -0.15) is 0 Å². The number of amides is 1. The highest BCUT2D eigenvalue weighted by Crippen LogP contribution is 2.10. The molecule has 0 unspecified atom stereocenters. The minimum Gasteiger partial charge on any atom is -0.481 e. The number of benzene rings is 1. The Morgan fingerprint density at radius 2 is 1.86 bits per heavy atom. The van der Waals surface area contributed by atoms with Gasteiger partial charge in [-0.05, 0) is 66.0 Å². The fourth-order valence-corrected chi connectivity index (χ4v) is 2.48. The average Bonchev–Trinajstić information content (AvgIpc) is 2.48. The Balaban J connectivity index is 2.04. The highest BCUT2D eigenvalue weighted by atomic mass is 123. The molecule has 1 amide bonds. The lowest BCUT2D eigenvalue weighted by molar-refractivity contribution is -0.141. The summed E-state index contributed by atoms with van der Waals surface area (Å²) in [6.07, 6.45) is 4.63. The van der Waals surface area contributed by atoms with E-state index in [1.165, 1.54) is 9.13 Å². The summed E-state index contributed by atoms with van der Waals surface area (Å²) >= 11 is 2.28. The van der Waals surface area contributed by atoms with E-state index in [0.29, 0.717) is 19.4 Å². The molecule has 0 aliphatic carbocycles. The molecule has 0 saturated heterocycles. The van der Waals surface area contributed by atoms with Crippen LogP contribution < -0.4 is 5.32 Å². The standard InChI is InChI=1S/C17H24INO3/c1-13(17(21)22)5-2-3-12-19-16(20)7-4-6-14-8-10-15(18)11-9-14/h8-11,13H,2-7,12H2,1H3,(H,19,20)(H,21,22)/t13-/m0/s1/i18-4. The van der Waals surface area contributed by atoms with Gasteiger partial charge in [-0.25, -0.2) is 0 Å². The Morgan fingerprint density at radius 3 is 2.50 bits per heavy atom. The third kappa shape index (κ3) is 8.36. The fourth-order valence-electron chi connectivity index (χ4n) is 2.12. The lowest BCUT2D eigenvalue weighted by atomic mass is 10.0. The van der Waals surface area contributed by atoms with Gasteiger partial charge in [0.05, 0.1) is 5.92 Å². The van der Waals surface area contributed by atoms with E-state index in [1.54, 1.807) is 6.92 Å². The normalized spacial score (nSPS) is 11.9. The maximum absolute atomic E-state index is 11.7. The third-order valence-electron chi connectivity index (χ3n) is 3.59. The lowest BCUT2D eigenvalue weighted by Gasteiger charge is -2.07. The molecule has 0 radical (unpaired) electrons. The van der Waals surface area contributed by atoms with E-state index >= 15 is 0 Å². The SMILES string of the molecule is C[C@@H](CCCCNC(=O)CCCc1ccc([123I])cc1)C(=O)O. The van der Waals surface area contributed by atoms with Gasteiger partial charge in [-0.3, -0.25) is 9.59 Å². The van der Waals surface area contributed by atoms with Crippen LogP contribution in [-0.2, 0) is 16.0 Å². The number of carboxylic acids is 1. The Kier molecular flexibility index (Phi) is 9.11. The van der Waals surface area contributed by atoms with Crippen LogP contribution in [0.5, 0.6) is 0 Å². The molecule has 1 atom stereocenters. The first-order valence-corrected chi connectivity index (χ1v) is 8.81. The molecule has 1 aromatic carbocycles. The van der Waals surface area contributed by atoms with Crippen molar-refractivity contribution in [2.75, 3.05) is 6.54 Å². The van der Waals surface area contributed by atoms with Gasteiger partial charge in [-0.1, -0.05) is 25.5 Å². The second-order valence-corrected chi connectivity index (χ2v) is 6.81. The number of carbonyl (C=O) groups excluding carboxylic acids is 1. The van der Waals surface area contributed by atoms with Crippen molar-refractivity contribution in [1.82, 2.24) is 5.32 Å². The molecular formula is C17H24INO3. The summed E-state index contributed by atoms with van der Waals surface area (Å²) in [5.74, 6) is -0.971. The maximum atomic E-state index is 11.7. The van der Waals surface area contributed by atoms with Gasteiger partial charge in [0.15, 0.2) is 0 Å². The summed E-state index contributed by atoms with van der Waals surface area (Å²) in [5, 5.41) is 11.7. The summed E-state index contributed by atoms with van der Waals surface area (Å²) in [7, 11) is 0. The Hall–Kier alpha value is -1.11. The molecule has 1 aromatic rings. The predicted molar refractivity (Wildman–Crippen MR) is 95.8 cm³/mol. The number of unbranched alkanes of at least 4 members (excludes halogenated alkanes) is 1. The van der Waals surface area contributed by atoms with Crippen molar-refractivity contribution >= 4 is 34.5 Å². The van der Waals surface area contributed by atoms with Gasteiger partial charge in [-0.15, -0.1) is 0 Å². The van der Waals surface area contributed by atoms with Gasteiger partial charge in [0.1, 0.15) is 0 Å². The second kappa shape index (κ2) is 10.6. The van der Waals surface area contributed by atoms with Crippen molar-refractivity contribution in [3.8, 4) is 0 Å². The van der Waals surface area contributed by atoms with Crippen LogP contribution in [0.15, 0.2) is 24.3 Å². The molecule has 0 heterocycles. The first-order valence-electron chi connectivity index (χ1n) is 7.73. The molecule has 0 spiro atoms. The molecule has 2 N–H and O–H groups in total. The van der Waals surface area contributed by atoms with Crippen LogP contribution in [0.4, 0.5) is 0 Å². The van der Waals surface area contributed by atoms with Gasteiger partial charge >= 0.3 is 5.97 Å². The fraction of sp³-hybridized carbons (Fsp3) is 0.529. The van der Waals surface area contributed by atoms with Gasteiger partial charge in [0.2, 0.25) is 5.91 Å². The molecule has 0 bridgehead atoms. The van der Waals surface area contributed by atoms with E-state index in [-0.39, 0.29) is 11.8 Å².